The Labute approximate surface area is 43.4 Å². The predicted octanol–water partition coefficient (Wildman–Crippen LogP) is 0.527. The van der Waals surface area contributed by atoms with Gasteiger partial charge in [0.05, 0.1) is 18.1 Å². The van der Waals surface area contributed by atoms with E-state index in [2.05, 4.69) is 0 Å². The van der Waals surface area contributed by atoms with E-state index >= 15 is 0 Å². The second-order valence-electron chi connectivity index (χ2n) is 1.66. The van der Waals surface area contributed by atoms with Gasteiger partial charge in [-0.1, -0.05) is 0 Å². The Kier molecular flexibility index (Phi) is 2.39. The molecule has 0 aromatic rings. The fraction of sp³-hybridized carbons (Fsp3) is 0.800. The Morgan fingerprint density at radius 2 is 2.00 bits per heavy atom. The number of nitriles is 1. The van der Waals surface area contributed by atoms with Crippen LogP contribution in [-0.2, 0) is 0 Å². The van der Waals surface area contributed by atoms with Crippen molar-refractivity contribution in [2.45, 2.75) is 20.0 Å². The normalized spacial score (nSPS) is 17.4. The average molecular weight is 99.1 g/mol. The largest absolute Gasteiger partial charge is 0.392 e. The molecular formula is C5H9NO. The van der Waals surface area contributed by atoms with Gasteiger partial charge in [0.25, 0.3) is 0 Å². The highest BCUT2D eigenvalue weighted by Crippen LogP contribution is 1.96. The van der Waals surface area contributed by atoms with Crippen molar-refractivity contribution in [2.75, 3.05) is 0 Å². The van der Waals surface area contributed by atoms with Gasteiger partial charge in [0.2, 0.25) is 0 Å². The van der Waals surface area contributed by atoms with Crippen molar-refractivity contribution >= 4 is 0 Å². The molecule has 0 amide bonds. The van der Waals surface area contributed by atoms with E-state index in [1.165, 1.54) is 0 Å². The van der Waals surface area contributed by atoms with E-state index in [4.69, 9.17) is 10.4 Å². The molecule has 40 valence electrons. The number of nitrogens with zero attached hydrogens (tertiary/aromatic N) is 1. The van der Waals surface area contributed by atoms with Crippen molar-refractivity contribution in [1.29, 1.82) is 5.26 Å². The maximum absolute atomic E-state index is 8.60. The van der Waals surface area contributed by atoms with Crippen LogP contribution in [0.1, 0.15) is 13.8 Å². The van der Waals surface area contributed by atoms with Gasteiger partial charge in [0.1, 0.15) is 0 Å². The van der Waals surface area contributed by atoms with Gasteiger partial charge in [-0.15, -0.1) is 0 Å². The lowest BCUT2D eigenvalue weighted by Gasteiger charge is -2.01. The molecule has 0 saturated carbocycles. The van der Waals surface area contributed by atoms with Crippen LogP contribution in [0.2, 0.25) is 0 Å². The maximum Gasteiger partial charge on any atom is 0.0691 e. The summed E-state index contributed by atoms with van der Waals surface area (Å²) in [7, 11) is 0. The standard InChI is InChI=1S/C5H9NO/c1-4(3-6)5(2)7/h4-5,7H,1-2H3/t4-,5-/m0/s1. The number of aliphatic hydroxyl groups excluding tert-OH is 1. The summed E-state index contributed by atoms with van der Waals surface area (Å²) in [4.78, 5) is 0. The molecule has 2 nitrogen and oxygen atoms in total. The second-order valence-corrected chi connectivity index (χ2v) is 1.66. The van der Waals surface area contributed by atoms with Crippen LogP contribution >= 0.6 is 0 Å². The van der Waals surface area contributed by atoms with Crippen LogP contribution in [0.25, 0.3) is 0 Å². The monoisotopic (exact) mass is 99.1 g/mol. The number of rotatable bonds is 1. The minimum absolute atomic E-state index is 0.236. The molecule has 1 N–H and O–H groups in total. The lowest BCUT2D eigenvalue weighted by molar-refractivity contribution is 0.160. The molecule has 0 rings (SSSR count). The average Bonchev–Trinajstić information content (AvgIpc) is 1.65. The van der Waals surface area contributed by atoms with Gasteiger partial charge in [0.15, 0.2) is 0 Å². The molecule has 0 heterocycles. The molecule has 0 aliphatic rings. The molecule has 0 bridgehead atoms. The van der Waals surface area contributed by atoms with Crippen LogP contribution in [0.4, 0.5) is 0 Å². The molecule has 2 heteroatoms. The Hall–Kier alpha value is -0.550. The molecule has 7 heavy (non-hydrogen) atoms. The van der Waals surface area contributed by atoms with Crippen LogP contribution in [-0.4, -0.2) is 11.2 Å². The predicted molar refractivity (Wildman–Crippen MR) is 26.5 cm³/mol. The topological polar surface area (TPSA) is 44.0 Å². The Morgan fingerprint density at radius 3 is 2.00 bits per heavy atom. The highest BCUT2D eigenvalue weighted by molar-refractivity contribution is 4.81. The third kappa shape index (κ3) is 2.18. The van der Waals surface area contributed by atoms with Gasteiger partial charge in [0, 0.05) is 0 Å². The Balaban J connectivity index is 3.40. The first-order valence-electron chi connectivity index (χ1n) is 2.26. The summed E-state index contributed by atoms with van der Waals surface area (Å²) < 4.78 is 0. The lowest BCUT2D eigenvalue weighted by Crippen LogP contribution is -2.09. The molecular weight excluding hydrogens is 90.1 g/mol. The first-order chi connectivity index (χ1) is 3.18. The SMILES string of the molecule is C[C@H](O)[C@@H](C)C#N. The summed E-state index contributed by atoms with van der Waals surface area (Å²) >= 11 is 0. The zero-order chi connectivity index (χ0) is 5.86. The molecule has 0 radical (unpaired) electrons. The van der Waals surface area contributed by atoms with Crippen LogP contribution in [0.3, 0.4) is 0 Å². The third-order valence-corrected chi connectivity index (χ3v) is 0.927. The van der Waals surface area contributed by atoms with E-state index in [1.807, 2.05) is 6.07 Å². The minimum atomic E-state index is -0.495. The molecule has 0 aliphatic carbocycles. The van der Waals surface area contributed by atoms with E-state index < -0.39 is 6.10 Å². The van der Waals surface area contributed by atoms with Gasteiger partial charge >= 0.3 is 0 Å². The van der Waals surface area contributed by atoms with Gasteiger partial charge < -0.3 is 5.11 Å². The maximum atomic E-state index is 8.60. The minimum Gasteiger partial charge on any atom is -0.392 e. The fourth-order valence-electron chi connectivity index (χ4n) is 0.108. The first kappa shape index (κ1) is 6.45. The third-order valence-electron chi connectivity index (χ3n) is 0.927. The summed E-state index contributed by atoms with van der Waals surface area (Å²) in [5.41, 5.74) is 0. The Bertz CT molecular complexity index is 82.6. The van der Waals surface area contributed by atoms with Gasteiger partial charge in [-0.2, -0.15) is 5.26 Å². The molecule has 0 spiro atoms. The summed E-state index contributed by atoms with van der Waals surface area (Å²) in [6, 6.07) is 1.91. The number of hydrogen-bond donors (Lipinski definition) is 1. The van der Waals surface area contributed by atoms with Crippen molar-refractivity contribution in [3.8, 4) is 6.07 Å². The summed E-state index contributed by atoms with van der Waals surface area (Å²) in [5.74, 6) is -0.236. The van der Waals surface area contributed by atoms with Crippen molar-refractivity contribution in [1.82, 2.24) is 0 Å². The number of aliphatic hydroxyl groups is 1. The van der Waals surface area contributed by atoms with Crippen LogP contribution in [0.5, 0.6) is 0 Å². The van der Waals surface area contributed by atoms with Crippen molar-refractivity contribution < 1.29 is 5.11 Å². The number of hydrogen-bond acceptors (Lipinski definition) is 2. The molecule has 2 atom stereocenters. The molecule has 0 unspecified atom stereocenters. The lowest BCUT2D eigenvalue weighted by atomic mass is 10.1. The van der Waals surface area contributed by atoms with Gasteiger partial charge in [-0.25, -0.2) is 0 Å². The van der Waals surface area contributed by atoms with Crippen LogP contribution in [0, 0.1) is 17.2 Å². The van der Waals surface area contributed by atoms with E-state index in [1.54, 1.807) is 13.8 Å². The first-order valence-corrected chi connectivity index (χ1v) is 2.26. The highest BCUT2D eigenvalue weighted by atomic mass is 16.3. The quantitative estimate of drug-likeness (QED) is 0.521. The van der Waals surface area contributed by atoms with Crippen molar-refractivity contribution in [3.05, 3.63) is 0 Å². The van der Waals surface area contributed by atoms with E-state index in [0.29, 0.717) is 0 Å². The van der Waals surface area contributed by atoms with Crippen molar-refractivity contribution in [3.63, 3.8) is 0 Å². The molecule has 0 fully saturated rings. The van der Waals surface area contributed by atoms with E-state index in [9.17, 15) is 0 Å². The Morgan fingerprint density at radius 1 is 1.57 bits per heavy atom. The smallest absolute Gasteiger partial charge is 0.0691 e. The van der Waals surface area contributed by atoms with Gasteiger partial charge in [-0.05, 0) is 13.8 Å². The molecule has 0 aromatic carbocycles. The molecule has 0 saturated heterocycles. The fourth-order valence-corrected chi connectivity index (χ4v) is 0.108. The van der Waals surface area contributed by atoms with Crippen LogP contribution < -0.4 is 0 Å². The molecule has 0 aliphatic heterocycles. The van der Waals surface area contributed by atoms with E-state index in [0.717, 1.165) is 0 Å². The van der Waals surface area contributed by atoms with Crippen LogP contribution in [0.15, 0.2) is 0 Å². The highest BCUT2D eigenvalue weighted by Gasteiger charge is 2.04. The van der Waals surface area contributed by atoms with E-state index in [-0.39, 0.29) is 5.92 Å². The summed E-state index contributed by atoms with van der Waals surface area (Å²) in [6.07, 6.45) is -0.495. The zero-order valence-electron chi connectivity index (χ0n) is 4.55. The van der Waals surface area contributed by atoms with Gasteiger partial charge in [-0.3, -0.25) is 0 Å². The summed E-state index contributed by atoms with van der Waals surface area (Å²) in [5, 5.41) is 16.7. The summed E-state index contributed by atoms with van der Waals surface area (Å²) in [6.45, 7) is 3.29. The second kappa shape index (κ2) is 2.59. The molecule has 0 aromatic heterocycles. The van der Waals surface area contributed by atoms with Crippen molar-refractivity contribution in [2.24, 2.45) is 5.92 Å². The zero-order valence-corrected chi connectivity index (χ0v) is 4.55.